The Kier molecular flexibility index (Phi) is 6.22. The summed E-state index contributed by atoms with van der Waals surface area (Å²) in [7, 11) is 0. The molecule has 0 unspecified atom stereocenters. The monoisotopic (exact) mass is 610 g/mol. The van der Waals surface area contributed by atoms with E-state index in [-0.39, 0.29) is 0 Å². The zero-order valence-electron chi connectivity index (χ0n) is 25.8. The highest BCUT2D eigenvalue weighted by molar-refractivity contribution is 6.10. The minimum atomic E-state index is 0.599. The standard InChI is InChI=1S/C44H26N4/c45-27-29-20-22-44(48-42-18-7-3-14-36(42)37-15-4-8-19-43(37)48)38(24-29)32-11-9-10-30(25-32)31-21-23-39(33(26-31)28-46)47-40-16-5-1-12-34(40)35-13-2-6-17-41(35)47/h1-26H. The lowest BCUT2D eigenvalue weighted by atomic mass is 9.95. The molecule has 9 rings (SSSR count). The first-order valence-electron chi connectivity index (χ1n) is 15.9. The van der Waals surface area contributed by atoms with E-state index in [0.29, 0.717) is 11.1 Å². The Morgan fingerprint density at radius 1 is 0.375 bits per heavy atom. The maximum atomic E-state index is 10.4. The van der Waals surface area contributed by atoms with Crippen molar-refractivity contribution in [2.75, 3.05) is 0 Å². The van der Waals surface area contributed by atoms with Crippen molar-refractivity contribution in [3.63, 3.8) is 0 Å². The molecule has 0 aliphatic rings. The van der Waals surface area contributed by atoms with Gasteiger partial charge >= 0.3 is 0 Å². The molecule has 222 valence electrons. The number of fused-ring (bicyclic) bond motifs is 6. The fraction of sp³-hybridized carbons (Fsp3) is 0. The molecule has 0 N–H and O–H groups in total. The van der Waals surface area contributed by atoms with Crippen LogP contribution < -0.4 is 0 Å². The summed E-state index contributed by atoms with van der Waals surface area (Å²) in [5.74, 6) is 0. The van der Waals surface area contributed by atoms with Gasteiger partial charge in [0.25, 0.3) is 0 Å². The highest BCUT2D eigenvalue weighted by Gasteiger charge is 2.18. The lowest BCUT2D eigenvalue weighted by molar-refractivity contribution is 1.17. The Morgan fingerprint density at radius 3 is 1.40 bits per heavy atom. The van der Waals surface area contributed by atoms with Gasteiger partial charge in [-0.15, -0.1) is 0 Å². The molecule has 0 bridgehead atoms. The summed E-state index contributed by atoms with van der Waals surface area (Å²) in [4.78, 5) is 0. The predicted molar refractivity (Wildman–Crippen MR) is 195 cm³/mol. The van der Waals surface area contributed by atoms with Crippen molar-refractivity contribution in [2.24, 2.45) is 0 Å². The Balaban J connectivity index is 1.21. The number of benzene rings is 7. The van der Waals surface area contributed by atoms with Gasteiger partial charge in [-0.1, -0.05) is 97.1 Å². The van der Waals surface area contributed by atoms with Gasteiger partial charge in [0.1, 0.15) is 6.07 Å². The Bertz CT molecular complexity index is 2710. The number of hydrogen-bond donors (Lipinski definition) is 0. The molecule has 0 aliphatic heterocycles. The molecular weight excluding hydrogens is 585 g/mol. The van der Waals surface area contributed by atoms with E-state index < -0.39 is 0 Å². The van der Waals surface area contributed by atoms with Crippen LogP contribution in [0, 0.1) is 22.7 Å². The summed E-state index contributed by atoms with van der Waals surface area (Å²) in [6.45, 7) is 0. The van der Waals surface area contributed by atoms with Gasteiger partial charge in [0.15, 0.2) is 0 Å². The third kappa shape index (κ3) is 4.14. The van der Waals surface area contributed by atoms with E-state index in [1.807, 2.05) is 42.5 Å². The quantitative estimate of drug-likeness (QED) is 0.199. The summed E-state index contributed by atoms with van der Waals surface area (Å²) < 4.78 is 4.48. The second-order valence-corrected chi connectivity index (χ2v) is 12.0. The minimum Gasteiger partial charge on any atom is -0.309 e. The van der Waals surface area contributed by atoms with Crippen LogP contribution in [0.5, 0.6) is 0 Å². The number of hydrogen-bond acceptors (Lipinski definition) is 2. The average molecular weight is 611 g/mol. The maximum absolute atomic E-state index is 10.4. The van der Waals surface area contributed by atoms with E-state index in [2.05, 4.69) is 137 Å². The van der Waals surface area contributed by atoms with Crippen LogP contribution in [-0.2, 0) is 0 Å². The molecule has 2 aromatic heterocycles. The van der Waals surface area contributed by atoms with Crippen LogP contribution in [0.1, 0.15) is 11.1 Å². The van der Waals surface area contributed by atoms with Gasteiger partial charge in [-0.2, -0.15) is 10.5 Å². The summed E-state index contributed by atoms with van der Waals surface area (Å²) in [6.07, 6.45) is 0. The van der Waals surface area contributed by atoms with Gasteiger partial charge in [0, 0.05) is 27.1 Å². The predicted octanol–water partition coefficient (Wildman–Crippen LogP) is 11.0. The zero-order valence-corrected chi connectivity index (χ0v) is 25.8. The number of nitriles is 2. The van der Waals surface area contributed by atoms with Gasteiger partial charge < -0.3 is 9.13 Å². The second-order valence-electron chi connectivity index (χ2n) is 12.0. The topological polar surface area (TPSA) is 57.4 Å². The largest absolute Gasteiger partial charge is 0.309 e. The van der Waals surface area contributed by atoms with Gasteiger partial charge in [-0.3, -0.25) is 0 Å². The summed E-state index contributed by atoms with van der Waals surface area (Å²) in [5, 5.41) is 25.0. The number of nitrogens with zero attached hydrogens (tertiary/aromatic N) is 4. The molecule has 0 saturated heterocycles. The van der Waals surface area contributed by atoms with Crippen LogP contribution in [0.15, 0.2) is 158 Å². The Morgan fingerprint density at radius 2 is 0.854 bits per heavy atom. The molecule has 0 amide bonds. The maximum Gasteiger partial charge on any atom is 0.101 e. The molecule has 0 saturated carbocycles. The minimum absolute atomic E-state index is 0.599. The lowest BCUT2D eigenvalue weighted by Gasteiger charge is -2.16. The third-order valence-corrected chi connectivity index (χ3v) is 9.39. The molecular formula is C44H26N4. The highest BCUT2D eigenvalue weighted by Crippen LogP contribution is 2.39. The van der Waals surface area contributed by atoms with Crippen LogP contribution in [0.4, 0.5) is 0 Å². The number of rotatable bonds is 4. The van der Waals surface area contributed by atoms with Crippen molar-refractivity contribution >= 4 is 43.6 Å². The molecule has 4 nitrogen and oxygen atoms in total. The van der Waals surface area contributed by atoms with Crippen molar-refractivity contribution in [1.82, 2.24) is 9.13 Å². The van der Waals surface area contributed by atoms with Gasteiger partial charge in [-0.25, -0.2) is 0 Å². The summed E-state index contributed by atoms with van der Waals surface area (Å²) in [6, 6.07) is 58.8. The van der Waals surface area contributed by atoms with E-state index >= 15 is 0 Å². The van der Waals surface area contributed by atoms with Crippen molar-refractivity contribution in [3.05, 3.63) is 169 Å². The fourth-order valence-corrected chi connectivity index (χ4v) is 7.26. The van der Waals surface area contributed by atoms with Crippen LogP contribution in [0.3, 0.4) is 0 Å². The van der Waals surface area contributed by atoms with Gasteiger partial charge in [0.2, 0.25) is 0 Å². The van der Waals surface area contributed by atoms with Crippen LogP contribution in [0.25, 0.3) is 77.2 Å². The van der Waals surface area contributed by atoms with E-state index in [1.54, 1.807) is 0 Å². The Labute approximate surface area is 277 Å². The van der Waals surface area contributed by atoms with E-state index in [4.69, 9.17) is 0 Å². The lowest BCUT2D eigenvalue weighted by Crippen LogP contribution is -1.99. The number of para-hydroxylation sites is 4. The first kappa shape index (κ1) is 27.4. The molecule has 0 fully saturated rings. The van der Waals surface area contributed by atoms with Crippen molar-refractivity contribution in [1.29, 1.82) is 10.5 Å². The SMILES string of the molecule is N#Cc1ccc(-n2c3ccccc3c3ccccc32)c(-c2cccc(-c3ccc(-n4c5ccccc5c5ccccc54)c(C#N)c3)c2)c1. The molecule has 9 aromatic rings. The normalized spacial score (nSPS) is 11.3. The van der Waals surface area contributed by atoms with Crippen molar-refractivity contribution in [2.45, 2.75) is 0 Å². The van der Waals surface area contributed by atoms with Crippen LogP contribution >= 0.6 is 0 Å². The highest BCUT2D eigenvalue weighted by atomic mass is 15.0. The Hall–Kier alpha value is -6.88. The summed E-state index contributed by atoms with van der Waals surface area (Å²) in [5.41, 5.74) is 11.3. The average Bonchev–Trinajstić information content (AvgIpc) is 3.67. The van der Waals surface area contributed by atoms with Crippen LogP contribution in [-0.4, -0.2) is 9.13 Å². The van der Waals surface area contributed by atoms with Crippen molar-refractivity contribution < 1.29 is 0 Å². The molecule has 48 heavy (non-hydrogen) atoms. The molecule has 0 aliphatic carbocycles. The fourth-order valence-electron chi connectivity index (χ4n) is 7.26. The molecule has 0 spiro atoms. The molecule has 0 radical (unpaired) electrons. The first-order chi connectivity index (χ1) is 23.7. The van der Waals surface area contributed by atoms with E-state index in [0.717, 1.165) is 66.5 Å². The second kappa shape index (κ2) is 10.9. The molecule has 0 atom stereocenters. The van der Waals surface area contributed by atoms with E-state index in [9.17, 15) is 10.5 Å². The van der Waals surface area contributed by atoms with E-state index in [1.165, 1.54) is 10.8 Å². The zero-order chi connectivity index (χ0) is 32.2. The third-order valence-electron chi connectivity index (χ3n) is 9.39. The molecule has 2 heterocycles. The smallest absolute Gasteiger partial charge is 0.101 e. The first-order valence-corrected chi connectivity index (χ1v) is 15.9. The molecule has 7 aromatic carbocycles. The number of aromatic nitrogens is 2. The van der Waals surface area contributed by atoms with Gasteiger partial charge in [0.05, 0.1) is 50.6 Å². The van der Waals surface area contributed by atoms with Crippen LogP contribution in [0.2, 0.25) is 0 Å². The van der Waals surface area contributed by atoms with Crippen molar-refractivity contribution in [3.8, 4) is 45.8 Å². The molecule has 4 heteroatoms. The van der Waals surface area contributed by atoms with Gasteiger partial charge in [-0.05, 0) is 77.4 Å². The summed E-state index contributed by atoms with van der Waals surface area (Å²) >= 11 is 0.